The highest BCUT2D eigenvalue weighted by atomic mass is 32.2. The van der Waals surface area contributed by atoms with E-state index in [0.717, 1.165) is 18.4 Å². The first-order valence-corrected chi connectivity index (χ1v) is 5.82. The van der Waals surface area contributed by atoms with Gasteiger partial charge in [-0.25, -0.2) is 12.8 Å². The van der Waals surface area contributed by atoms with Crippen molar-refractivity contribution in [2.45, 2.75) is 4.90 Å². The molecule has 0 spiro atoms. The van der Waals surface area contributed by atoms with Crippen LogP contribution < -0.4 is 4.74 Å². The molecule has 0 heterocycles. The molecule has 0 unspecified atom stereocenters. The molecule has 4 nitrogen and oxygen atoms in total. The molecule has 0 fully saturated rings. The molecule has 6 heteroatoms. The van der Waals surface area contributed by atoms with E-state index in [0.29, 0.717) is 6.29 Å². The Hall–Kier alpha value is -1.43. The number of hydrogen-bond donors (Lipinski definition) is 0. The number of ether oxygens (including phenoxy) is 1. The van der Waals surface area contributed by atoms with Gasteiger partial charge in [0, 0.05) is 6.26 Å². The van der Waals surface area contributed by atoms with Gasteiger partial charge in [-0.05, 0) is 12.1 Å². The van der Waals surface area contributed by atoms with Gasteiger partial charge in [-0.2, -0.15) is 0 Å². The molecule has 0 aliphatic carbocycles. The second-order valence-corrected chi connectivity index (χ2v) is 4.90. The number of halogens is 1. The van der Waals surface area contributed by atoms with Gasteiger partial charge in [-0.3, -0.25) is 4.79 Å². The Morgan fingerprint density at radius 2 is 2.00 bits per heavy atom. The van der Waals surface area contributed by atoms with Crippen molar-refractivity contribution in [3.05, 3.63) is 23.5 Å². The minimum atomic E-state index is -3.62. The highest BCUT2D eigenvalue weighted by Crippen LogP contribution is 2.28. The summed E-state index contributed by atoms with van der Waals surface area (Å²) in [6.07, 6.45) is 1.26. The molecular formula is C9H9FO4S. The van der Waals surface area contributed by atoms with Gasteiger partial charge < -0.3 is 4.74 Å². The van der Waals surface area contributed by atoms with Crippen LogP contribution in [0.5, 0.6) is 5.75 Å². The Bertz CT molecular complexity index is 493. The van der Waals surface area contributed by atoms with Crippen LogP contribution in [0.1, 0.15) is 10.4 Å². The van der Waals surface area contributed by atoms with Crippen LogP contribution in [-0.2, 0) is 9.84 Å². The maximum atomic E-state index is 13.0. The van der Waals surface area contributed by atoms with Crippen molar-refractivity contribution < 1.29 is 22.3 Å². The largest absolute Gasteiger partial charge is 0.495 e. The van der Waals surface area contributed by atoms with Gasteiger partial charge in [0.25, 0.3) is 0 Å². The number of rotatable bonds is 3. The number of carbonyl (C=O) groups excluding carboxylic acids is 1. The van der Waals surface area contributed by atoms with Crippen LogP contribution in [0.2, 0.25) is 0 Å². The van der Waals surface area contributed by atoms with Crippen LogP contribution in [0.3, 0.4) is 0 Å². The molecule has 0 radical (unpaired) electrons. The monoisotopic (exact) mass is 232 g/mol. The van der Waals surface area contributed by atoms with Crippen molar-refractivity contribution in [1.82, 2.24) is 0 Å². The molecule has 1 aromatic carbocycles. The summed E-state index contributed by atoms with van der Waals surface area (Å²) in [5.74, 6) is -0.924. The van der Waals surface area contributed by atoms with E-state index in [1.807, 2.05) is 0 Å². The minimum Gasteiger partial charge on any atom is -0.495 e. The summed E-state index contributed by atoms with van der Waals surface area (Å²) in [5.41, 5.74) is -0.127. The maximum Gasteiger partial charge on any atom is 0.179 e. The third-order valence-corrected chi connectivity index (χ3v) is 2.88. The minimum absolute atomic E-state index is 0.127. The van der Waals surface area contributed by atoms with E-state index in [2.05, 4.69) is 0 Å². The summed E-state index contributed by atoms with van der Waals surface area (Å²) in [4.78, 5) is 10.2. The van der Waals surface area contributed by atoms with Crippen molar-refractivity contribution in [1.29, 1.82) is 0 Å². The third-order valence-electron chi connectivity index (χ3n) is 1.78. The van der Waals surface area contributed by atoms with Crippen LogP contribution in [0, 0.1) is 5.82 Å². The molecule has 0 aliphatic rings. The van der Waals surface area contributed by atoms with E-state index in [-0.39, 0.29) is 16.2 Å². The molecule has 1 aromatic rings. The molecule has 0 saturated carbocycles. The van der Waals surface area contributed by atoms with Gasteiger partial charge in [0.2, 0.25) is 0 Å². The average Bonchev–Trinajstić information content (AvgIpc) is 2.15. The van der Waals surface area contributed by atoms with Crippen molar-refractivity contribution in [2.24, 2.45) is 0 Å². The van der Waals surface area contributed by atoms with Gasteiger partial charge in [0.15, 0.2) is 16.1 Å². The number of methoxy groups -OCH3 is 1. The first-order valence-electron chi connectivity index (χ1n) is 3.93. The fourth-order valence-corrected chi connectivity index (χ4v) is 2.03. The van der Waals surface area contributed by atoms with Crippen LogP contribution in [-0.4, -0.2) is 28.1 Å². The lowest BCUT2D eigenvalue weighted by Gasteiger charge is -2.08. The Labute approximate surface area is 86.6 Å². The highest BCUT2D eigenvalue weighted by molar-refractivity contribution is 7.90. The number of benzene rings is 1. The van der Waals surface area contributed by atoms with Gasteiger partial charge in [-0.1, -0.05) is 0 Å². The van der Waals surface area contributed by atoms with Crippen LogP contribution in [0.4, 0.5) is 4.39 Å². The van der Waals surface area contributed by atoms with E-state index in [4.69, 9.17) is 4.74 Å². The Balaban J connectivity index is 3.64. The molecule has 0 aliphatic heterocycles. The second-order valence-electron chi connectivity index (χ2n) is 2.92. The zero-order valence-electron chi connectivity index (χ0n) is 8.15. The lowest BCUT2D eigenvalue weighted by atomic mass is 10.2. The van der Waals surface area contributed by atoms with Crippen molar-refractivity contribution in [3.63, 3.8) is 0 Å². The maximum absolute atomic E-state index is 13.0. The first kappa shape index (κ1) is 11.6. The molecule has 0 aromatic heterocycles. The number of aldehydes is 1. The van der Waals surface area contributed by atoms with Crippen LogP contribution >= 0.6 is 0 Å². The Kier molecular flexibility index (Phi) is 3.09. The van der Waals surface area contributed by atoms with Gasteiger partial charge in [0.05, 0.1) is 12.7 Å². The first-order chi connectivity index (χ1) is 6.90. The molecule has 15 heavy (non-hydrogen) atoms. The number of carbonyl (C=O) groups is 1. The van der Waals surface area contributed by atoms with Gasteiger partial charge >= 0.3 is 0 Å². The fourth-order valence-electron chi connectivity index (χ4n) is 1.17. The van der Waals surface area contributed by atoms with Gasteiger partial charge in [-0.15, -0.1) is 0 Å². The van der Waals surface area contributed by atoms with Crippen molar-refractivity contribution >= 4 is 16.1 Å². The predicted octanol–water partition coefficient (Wildman–Crippen LogP) is 1.05. The number of sulfone groups is 1. The Morgan fingerprint density at radius 1 is 1.40 bits per heavy atom. The van der Waals surface area contributed by atoms with Gasteiger partial charge in [0.1, 0.15) is 16.5 Å². The standard InChI is InChI=1S/C9H9FO4S/c1-14-9-6(5-11)3-7(10)4-8(9)15(2,12)13/h3-5H,1-2H3. The van der Waals surface area contributed by atoms with Crippen LogP contribution in [0.25, 0.3) is 0 Å². The number of hydrogen-bond acceptors (Lipinski definition) is 4. The van der Waals surface area contributed by atoms with E-state index >= 15 is 0 Å². The zero-order valence-corrected chi connectivity index (χ0v) is 8.97. The topological polar surface area (TPSA) is 60.4 Å². The third kappa shape index (κ3) is 2.33. The molecule has 0 atom stereocenters. The fraction of sp³-hybridized carbons (Fsp3) is 0.222. The zero-order chi connectivity index (χ0) is 11.6. The predicted molar refractivity (Wildman–Crippen MR) is 51.4 cm³/mol. The quantitative estimate of drug-likeness (QED) is 0.731. The lowest BCUT2D eigenvalue weighted by Crippen LogP contribution is -2.04. The second kappa shape index (κ2) is 3.98. The summed E-state index contributed by atoms with van der Waals surface area (Å²) in [5, 5.41) is 0. The molecule has 0 saturated heterocycles. The van der Waals surface area contributed by atoms with E-state index < -0.39 is 15.7 Å². The summed E-state index contributed by atoms with van der Waals surface area (Å²) < 4.78 is 40.3. The van der Waals surface area contributed by atoms with E-state index in [1.165, 1.54) is 7.11 Å². The molecular weight excluding hydrogens is 223 g/mol. The molecule has 82 valence electrons. The summed E-state index contributed by atoms with van der Waals surface area (Å²) >= 11 is 0. The smallest absolute Gasteiger partial charge is 0.179 e. The lowest BCUT2D eigenvalue weighted by molar-refractivity contribution is 0.111. The molecule has 1 rings (SSSR count). The highest BCUT2D eigenvalue weighted by Gasteiger charge is 2.19. The molecule has 0 bridgehead atoms. The summed E-state index contributed by atoms with van der Waals surface area (Å²) in [6.45, 7) is 0. The van der Waals surface area contributed by atoms with Crippen LogP contribution in [0.15, 0.2) is 17.0 Å². The average molecular weight is 232 g/mol. The van der Waals surface area contributed by atoms with Crippen molar-refractivity contribution in [2.75, 3.05) is 13.4 Å². The molecule has 0 N–H and O–H groups in total. The molecule has 0 amide bonds. The van der Waals surface area contributed by atoms with Crippen molar-refractivity contribution in [3.8, 4) is 5.75 Å². The van der Waals surface area contributed by atoms with E-state index in [1.54, 1.807) is 0 Å². The SMILES string of the molecule is COc1c(C=O)cc(F)cc1S(C)(=O)=O. The van der Waals surface area contributed by atoms with E-state index in [9.17, 15) is 17.6 Å². The summed E-state index contributed by atoms with van der Waals surface area (Å²) in [7, 11) is -2.41. The normalized spacial score (nSPS) is 11.1. The Morgan fingerprint density at radius 3 is 2.40 bits per heavy atom. The summed E-state index contributed by atoms with van der Waals surface area (Å²) in [6, 6.07) is 1.74.